The van der Waals surface area contributed by atoms with Gasteiger partial charge in [0.05, 0.1) is 29.6 Å². The van der Waals surface area contributed by atoms with Crippen LogP contribution in [0.4, 0.5) is 11.4 Å². The lowest BCUT2D eigenvalue weighted by atomic mass is 10.0. The largest absolute Gasteiger partial charge is 0.358 e. The van der Waals surface area contributed by atoms with Gasteiger partial charge in [0.15, 0.2) is 0 Å². The Bertz CT molecular complexity index is 852. The van der Waals surface area contributed by atoms with Crippen molar-refractivity contribution in [2.75, 3.05) is 16.3 Å². The average Bonchev–Trinajstić information content (AvgIpc) is 3.08. The van der Waals surface area contributed by atoms with Gasteiger partial charge in [-0.15, -0.1) is 0 Å². The SMILES string of the molecule is Cc1cccc(CN2C(=O)[C@@H]3CCCN3c3ccc(C#N)cc32)c1. The summed E-state index contributed by atoms with van der Waals surface area (Å²) in [5.41, 5.74) is 4.82. The molecule has 0 radical (unpaired) electrons. The summed E-state index contributed by atoms with van der Waals surface area (Å²) in [6.45, 7) is 3.52. The molecule has 120 valence electrons. The predicted octanol–water partition coefficient (Wildman–Crippen LogP) is 3.38. The lowest BCUT2D eigenvalue weighted by Gasteiger charge is -2.39. The highest BCUT2D eigenvalue weighted by atomic mass is 16.2. The third kappa shape index (κ3) is 2.33. The summed E-state index contributed by atoms with van der Waals surface area (Å²) >= 11 is 0. The van der Waals surface area contributed by atoms with Crippen molar-refractivity contribution in [3.8, 4) is 6.07 Å². The lowest BCUT2D eigenvalue weighted by molar-refractivity contribution is -0.120. The van der Waals surface area contributed by atoms with Crippen LogP contribution in [0.2, 0.25) is 0 Å². The molecule has 2 aliphatic heterocycles. The summed E-state index contributed by atoms with van der Waals surface area (Å²) < 4.78 is 0. The van der Waals surface area contributed by atoms with Crippen molar-refractivity contribution in [2.24, 2.45) is 0 Å². The first-order chi connectivity index (χ1) is 11.7. The van der Waals surface area contributed by atoms with E-state index < -0.39 is 0 Å². The van der Waals surface area contributed by atoms with Crippen LogP contribution in [-0.2, 0) is 11.3 Å². The van der Waals surface area contributed by atoms with E-state index in [4.69, 9.17) is 0 Å². The summed E-state index contributed by atoms with van der Waals surface area (Å²) in [6, 6.07) is 16.0. The number of nitriles is 1. The molecule has 4 rings (SSSR count). The fourth-order valence-corrected chi connectivity index (χ4v) is 3.82. The highest BCUT2D eigenvalue weighted by Gasteiger charge is 2.40. The molecule has 0 aliphatic carbocycles. The molecule has 2 aromatic rings. The summed E-state index contributed by atoms with van der Waals surface area (Å²) in [5.74, 6) is 0.150. The molecule has 4 nitrogen and oxygen atoms in total. The average molecular weight is 317 g/mol. The molecule has 0 unspecified atom stereocenters. The molecule has 24 heavy (non-hydrogen) atoms. The van der Waals surface area contributed by atoms with Crippen molar-refractivity contribution in [2.45, 2.75) is 32.4 Å². The van der Waals surface area contributed by atoms with Crippen LogP contribution in [0.5, 0.6) is 0 Å². The van der Waals surface area contributed by atoms with E-state index in [1.54, 1.807) is 0 Å². The van der Waals surface area contributed by atoms with Gasteiger partial charge in [-0.2, -0.15) is 5.26 Å². The zero-order chi connectivity index (χ0) is 16.7. The number of fused-ring (bicyclic) bond motifs is 3. The van der Waals surface area contributed by atoms with Gasteiger partial charge < -0.3 is 9.80 Å². The van der Waals surface area contributed by atoms with Crippen LogP contribution >= 0.6 is 0 Å². The molecule has 2 aromatic carbocycles. The number of aryl methyl sites for hydroxylation is 1. The zero-order valence-electron chi connectivity index (χ0n) is 13.7. The van der Waals surface area contributed by atoms with Gasteiger partial charge in [0, 0.05) is 6.54 Å². The van der Waals surface area contributed by atoms with Gasteiger partial charge >= 0.3 is 0 Å². The molecule has 0 aromatic heterocycles. The highest BCUT2D eigenvalue weighted by molar-refractivity contribution is 6.06. The number of carbonyl (C=O) groups excluding carboxylic acids is 1. The first-order valence-electron chi connectivity index (χ1n) is 8.35. The van der Waals surface area contributed by atoms with E-state index in [1.807, 2.05) is 29.2 Å². The Hall–Kier alpha value is -2.80. The van der Waals surface area contributed by atoms with E-state index in [0.717, 1.165) is 36.3 Å². The second-order valence-electron chi connectivity index (χ2n) is 6.58. The van der Waals surface area contributed by atoms with Crippen molar-refractivity contribution >= 4 is 17.3 Å². The number of benzene rings is 2. The predicted molar refractivity (Wildman–Crippen MR) is 93.9 cm³/mol. The number of hydrogen-bond acceptors (Lipinski definition) is 3. The molecule has 4 heteroatoms. The third-order valence-electron chi connectivity index (χ3n) is 4.93. The second kappa shape index (κ2) is 5.68. The van der Waals surface area contributed by atoms with Crippen LogP contribution < -0.4 is 9.80 Å². The zero-order valence-corrected chi connectivity index (χ0v) is 13.7. The van der Waals surface area contributed by atoms with Crippen molar-refractivity contribution < 1.29 is 4.79 Å². The quantitative estimate of drug-likeness (QED) is 0.853. The molecule has 1 atom stereocenters. The second-order valence-corrected chi connectivity index (χ2v) is 6.58. The summed E-state index contributed by atoms with van der Waals surface area (Å²) in [4.78, 5) is 17.1. The van der Waals surface area contributed by atoms with Crippen molar-refractivity contribution in [3.05, 3.63) is 59.2 Å². The minimum Gasteiger partial charge on any atom is -0.358 e. The van der Waals surface area contributed by atoms with E-state index in [0.29, 0.717) is 12.1 Å². The Labute approximate surface area is 141 Å². The monoisotopic (exact) mass is 317 g/mol. The molecular weight excluding hydrogens is 298 g/mol. The third-order valence-corrected chi connectivity index (χ3v) is 4.93. The highest BCUT2D eigenvalue weighted by Crippen LogP contribution is 2.41. The number of carbonyl (C=O) groups is 1. The molecule has 2 heterocycles. The number of amides is 1. The van der Waals surface area contributed by atoms with Gasteiger partial charge in [-0.05, 0) is 43.5 Å². The Morgan fingerprint density at radius 2 is 2.08 bits per heavy atom. The van der Waals surface area contributed by atoms with E-state index in [2.05, 4.69) is 36.1 Å². The molecule has 1 amide bonds. The number of nitrogens with zero attached hydrogens (tertiary/aromatic N) is 3. The maximum Gasteiger partial charge on any atom is 0.250 e. The molecule has 1 saturated heterocycles. The number of rotatable bonds is 2. The fraction of sp³-hybridized carbons (Fsp3) is 0.300. The fourth-order valence-electron chi connectivity index (χ4n) is 3.82. The summed E-state index contributed by atoms with van der Waals surface area (Å²) in [5, 5.41) is 9.24. The van der Waals surface area contributed by atoms with E-state index >= 15 is 0 Å². The normalized spacial score (nSPS) is 19.0. The summed E-state index contributed by atoms with van der Waals surface area (Å²) in [6.07, 6.45) is 1.94. The molecular formula is C20H19N3O. The van der Waals surface area contributed by atoms with Crippen LogP contribution in [0.1, 0.15) is 29.5 Å². The van der Waals surface area contributed by atoms with E-state index in [9.17, 15) is 10.1 Å². The molecule has 2 aliphatic rings. The van der Waals surface area contributed by atoms with Gasteiger partial charge in [0.2, 0.25) is 5.91 Å². The number of anilines is 2. The molecule has 0 bridgehead atoms. The Kier molecular flexibility index (Phi) is 3.50. The standard InChI is InChI=1S/C20H19N3O/c1-14-4-2-5-16(10-14)13-23-19-11-15(12-21)7-8-17(19)22-9-3-6-18(22)20(23)24/h2,4-5,7-8,10-11,18H,3,6,9,13H2,1H3/t18-/m0/s1. The first-order valence-corrected chi connectivity index (χ1v) is 8.35. The van der Waals surface area contributed by atoms with Crippen LogP contribution in [0.15, 0.2) is 42.5 Å². The van der Waals surface area contributed by atoms with Gasteiger partial charge in [0.25, 0.3) is 0 Å². The van der Waals surface area contributed by atoms with Gasteiger partial charge in [-0.3, -0.25) is 4.79 Å². The Balaban J connectivity index is 1.79. The van der Waals surface area contributed by atoms with Crippen LogP contribution in [0, 0.1) is 18.3 Å². The molecule has 1 fully saturated rings. The molecule has 0 N–H and O–H groups in total. The topological polar surface area (TPSA) is 47.3 Å². The van der Waals surface area contributed by atoms with Gasteiger partial charge in [-0.1, -0.05) is 29.8 Å². The Morgan fingerprint density at radius 1 is 1.21 bits per heavy atom. The van der Waals surface area contributed by atoms with Crippen molar-refractivity contribution in [1.29, 1.82) is 5.26 Å². The lowest BCUT2D eigenvalue weighted by Crippen LogP contribution is -2.50. The van der Waals surface area contributed by atoms with Crippen LogP contribution in [0.25, 0.3) is 0 Å². The van der Waals surface area contributed by atoms with Gasteiger partial charge in [0.1, 0.15) is 6.04 Å². The van der Waals surface area contributed by atoms with Crippen molar-refractivity contribution in [1.82, 2.24) is 0 Å². The maximum absolute atomic E-state index is 13.1. The first kappa shape index (κ1) is 14.8. The minimum absolute atomic E-state index is 0.0600. The van der Waals surface area contributed by atoms with E-state index in [1.165, 1.54) is 5.56 Å². The van der Waals surface area contributed by atoms with E-state index in [-0.39, 0.29) is 11.9 Å². The van der Waals surface area contributed by atoms with Crippen LogP contribution in [-0.4, -0.2) is 18.5 Å². The Morgan fingerprint density at radius 3 is 2.88 bits per heavy atom. The maximum atomic E-state index is 13.1. The summed E-state index contributed by atoms with van der Waals surface area (Å²) in [7, 11) is 0. The van der Waals surface area contributed by atoms with Crippen molar-refractivity contribution in [3.63, 3.8) is 0 Å². The molecule has 0 spiro atoms. The molecule has 0 saturated carbocycles. The van der Waals surface area contributed by atoms with Gasteiger partial charge in [-0.25, -0.2) is 0 Å². The van der Waals surface area contributed by atoms with Crippen LogP contribution in [0.3, 0.4) is 0 Å². The smallest absolute Gasteiger partial charge is 0.250 e. The number of hydrogen-bond donors (Lipinski definition) is 0. The minimum atomic E-state index is -0.0600.